The Bertz CT molecular complexity index is 444. The molecule has 1 aromatic rings. The summed E-state index contributed by atoms with van der Waals surface area (Å²) in [5, 5.41) is 17.4. The van der Waals surface area contributed by atoms with Crippen LogP contribution in [-0.2, 0) is 0 Å². The fourth-order valence-electron chi connectivity index (χ4n) is 2.32. The van der Waals surface area contributed by atoms with Crippen molar-refractivity contribution in [3.63, 3.8) is 0 Å². The van der Waals surface area contributed by atoms with Crippen molar-refractivity contribution < 1.29 is 4.92 Å². The van der Waals surface area contributed by atoms with E-state index in [1.54, 1.807) is 6.07 Å². The summed E-state index contributed by atoms with van der Waals surface area (Å²) in [6, 6.07) is 3.49. The molecule has 1 aliphatic carbocycles. The van der Waals surface area contributed by atoms with Crippen LogP contribution in [-0.4, -0.2) is 22.5 Å². The summed E-state index contributed by atoms with van der Waals surface area (Å²) in [7, 11) is 0. The summed E-state index contributed by atoms with van der Waals surface area (Å²) in [4.78, 5) is 15.0. The third kappa shape index (κ3) is 3.56. The van der Waals surface area contributed by atoms with Crippen LogP contribution in [0.3, 0.4) is 0 Å². The van der Waals surface area contributed by atoms with E-state index in [9.17, 15) is 10.1 Å². The van der Waals surface area contributed by atoms with E-state index in [0.29, 0.717) is 17.7 Å². The Morgan fingerprint density at radius 2 is 2.16 bits per heavy atom. The van der Waals surface area contributed by atoms with Gasteiger partial charge in [0.2, 0.25) is 5.82 Å². The minimum Gasteiger partial charge on any atom is -0.370 e. The first kappa shape index (κ1) is 13.6. The molecule has 6 heteroatoms. The molecule has 1 aromatic heterocycles. The topological polar surface area (TPSA) is 80.1 Å². The largest absolute Gasteiger partial charge is 0.370 e. The molecule has 0 radical (unpaired) electrons. The average Bonchev–Trinajstić information content (AvgIpc) is 2.89. The van der Waals surface area contributed by atoms with E-state index in [1.807, 2.05) is 0 Å². The van der Waals surface area contributed by atoms with Crippen LogP contribution >= 0.6 is 0 Å². The lowest BCUT2D eigenvalue weighted by atomic mass is 10.2. The molecule has 0 aromatic carbocycles. The van der Waals surface area contributed by atoms with Crippen LogP contribution in [0.15, 0.2) is 12.1 Å². The molecule has 0 atom stereocenters. The molecular formula is C13H20N4O2. The Labute approximate surface area is 112 Å². The average molecular weight is 264 g/mol. The molecule has 1 saturated carbocycles. The predicted molar refractivity (Wildman–Crippen MR) is 75.6 cm³/mol. The van der Waals surface area contributed by atoms with E-state index >= 15 is 0 Å². The molecule has 2 N–H and O–H groups in total. The van der Waals surface area contributed by atoms with Gasteiger partial charge >= 0.3 is 5.69 Å². The third-order valence-corrected chi connectivity index (χ3v) is 3.32. The van der Waals surface area contributed by atoms with Gasteiger partial charge in [-0.15, -0.1) is 0 Å². The molecule has 1 aliphatic rings. The molecule has 0 amide bonds. The first-order chi connectivity index (χ1) is 9.20. The Morgan fingerprint density at radius 1 is 1.42 bits per heavy atom. The van der Waals surface area contributed by atoms with Crippen molar-refractivity contribution in [2.75, 3.05) is 17.2 Å². The molecule has 0 unspecified atom stereocenters. The van der Waals surface area contributed by atoms with Crippen LogP contribution in [0.4, 0.5) is 17.3 Å². The zero-order valence-electron chi connectivity index (χ0n) is 11.2. The van der Waals surface area contributed by atoms with Gasteiger partial charge in [0.15, 0.2) is 0 Å². The van der Waals surface area contributed by atoms with Gasteiger partial charge in [-0.3, -0.25) is 10.1 Å². The first-order valence-electron chi connectivity index (χ1n) is 6.86. The van der Waals surface area contributed by atoms with E-state index in [1.165, 1.54) is 18.9 Å². The van der Waals surface area contributed by atoms with Gasteiger partial charge in [-0.2, -0.15) is 0 Å². The Kier molecular flexibility index (Phi) is 4.54. The van der Waals surface area contributed by atoms with Crippen LogP contribution in [0.25, 0.3) is 0 Å². The zero-order chi connectivity index (χ0) is 13.7. The molecule has 1 fully saturated rings. The van der Waals surface area contributed by atoms with E-state index in [2.05, 4.69) is 22.5 Å². The van der Waals surface area contributed by atoms with Gasteiger partial charge < -0.3 is 10.6 Å². The number of anilines is 2. The SMILES string of the molecule is CCCNc1ccc([N+](=O)[O-])c(NC2CCCC2)n1. The summed E-state index contributed by atoms with van der Waals surface area (Å²) < 4.78 is 0. The molecule has 0 saturated heterocycles. The number of pyridine rings is 1. The number of aromatic nitrogens is 1. The second-order valence-corrected chi connectivity index (χ2v) is 4.87. The summed E-state index contributed by atoms with van der Waals surface area (Å²) in [5.41, 5.74) is 0.0500. The summed E-state index contributed by atoms with van der Waals surface area (Å²) in [6.07, 6.45) is 5.47. The standard InChI is InChI=1S/C13H20N4O2/c1-2-9-14-12-8-7-11(17(18)19)13(16-12)15-10-5-3-4-6-10/h7-8,10H,2-6,9H2,1H3,(H2,14,15,16). The second kappa shape index (κ2) is 6.36. The van der Waals surface area contributed by atoms with Crippen molar-refractivity contribution in [2.24, 2.45) is 0 Å². The first-order valence-corrected chi connectivity index (χ1v) is 6.86. The van der Waals surface area contributed by atoms with Crippen molar-refractivity contribution in [2.45, 2.75) is 45.1 Å². The van der Waals surface area contributed by atoms with Gasteiger partial charge in [0.25, 0.3) is 0 Å². The minimum atomic E-state index is -0.381. The smallest absolute Gasteiger partial charge is 0.311 e. The molecule has 0 spiro atoms. The van der Waals surface area contributed by atoms with Crippen LogP contribution in [0.1, 0.15) is 39.0 Å². The number of hydrogen-bond donors (Lipinski definition) is 2. The number of nitrogens with one attached hydrogen (secondary N) is 2. The van der Waals surface area contributed by atoms with Gasteiger partial charge in [0.05, 0.1) is 4.92 Å². The Hall–Kier alpha value is -1.85. The fraction of sp³-hybridized carbons (Fsp3) is 0.615. The van der Waals surface area contributed by atoms with Crippen LogP contribution in [0, 0.1) is 10.1 Å². The van der Waals surface area contributed by atoms with E-state index in [-0.39, 0.29) is 10.6 Å². The van der Waals surface area contributed by atoms with Gasteiger partial charge in [-0.05, 0) is 25.3 Å². The molecule has 104 valence electrons. The van der Waals surface area contributed by atoms with Gasteiger partial charge in [0, 0.05) is 18.7 Å². The highest BCUT2D eigenvalue weighted by Crippen LogP contribution is 2.28. The van der Waals surface area contributed by atoms with Crippen LogP contribution in [0.5, 0.6) is 0 Å². The fourth-order valence-corrected chi connectivity index (χ4v) is 2.32. The summed E-state index contributed by atoms with van der Waals surface area (Å²) in [6.45, 7) is 2.88. The number of hydrogen-bond acceptors (Lipinski definition) is 5. The van der Waals surface area contributed by atoms with Crippen molar-refractivity contribution >= 4 is 17.3 Å². The van der Waals surface area contributed by atoms with Crippen LogP contribution in [0.2, 0.25) is 0 Å². The normalized spacial score (nSPS) is 15.4. The maximum Gasteiger partial charge on any atom is 0.311 e. The van der Waals surface area contributed by atoms with Gasteiger partial charge in [-0.1, -0.05) is 19.8 Å². The maximum atomic E-state index is 11.0. The molecule has 2 rings (SSSR count). The Morgan fingerprint density at radius 3 is 2.79 bits per heavy atom. The molecule has 1 heterocycles. The zero-order valence-corrected chi connectivity index (χ0v) is 11.2. The monoisotopic (exact) mass is 264 g/mol. The minimum absolute atomic E-state index is 0.0500. The lowest BCUT2D eigenvalue weighted by Gasteiger charge is -2.14. The number of nitro groups is 1. The highest BCUT2D eigenvalue weighted by Gasteiger charge is 2.21. The van der Waals surface area contributed by atoms with E-state index < -0.39 is 0 Å². The second-order valence-electron chi connectivity index (χ2n) is 4.87. The van der Waals surface area contributed by atoms with Crippen molar-refractivity contribution in [3.8, 4) is 0 Å². The highest BCUT2D eigenvalue weighted by atomic mass is 16.6. The molecule has 0 aliphatic heterocycles. The van der Waals surface area contributed by atoms with E-state index in [0.717, 1.165) is 25.8 Å². The number of rotatable bonds is 6. The van der Waals surface area contributed by atoms with Crippen molar-refractivity contribution in [3.05, 3.63) is 22.2 Å². The van der Waals surface area contributed by atoms with Gasteiger partial charge in [-0.25, -0.2) is 4.98 Å². The number of nitrogens with zero attached hydrogens (tertiary/aromatic N) is 2. The van der Waals surface area contributed by atoms with Crippen LogP contribution < -0.4 is 10.6 Å². The predicted octanol–water partition coefficient (Wildman–Crippen LogP) is 3.17. The lowest BCUT2D eigenvalue weighted by molar-refractivity contribution is -0.384. The Balaban J connectivity index is 2.17. The highest BCUT2D eigenvalue weighted by molar-refractivity contribution is 5.60. The summed E-state index contributed by atoms with van der Waals surface area (Å²) >= 11 is 0. The summed E-state index contributed by atoms with van der Waals surface area (Å²) in [5.74, 6) is 1.07. The quantitative estimate of drug-likeness (QED) is 0.609. The molecule has 6 nitrogen and oxygen atoms in total. The van der Waals surface area contributed by atoms with E-state index in [4.69, 9.17) is 0 Å². The van der Waals surface area contributed by atoms with Crippen molar-refractivity contribution in [1.82, 2.24) is 4.98 Å². The third-order valence-electron chi connectivity index (χ3n) is 3.32. The molecular weight excluding hydrogens is 244 g/mol. The van der Waals surface area contributed by atoms with Gasteiger partial charge in [0.1, 0.15) is 5.82 Å². The molecule has 19 heavy (non-hydrogen) atoms. The molecule has 0 bridgehead atoms. The lowest BCUT2D eigenvalue weighted by Crippen LogP contribution is -2.17. The van der Waals surface area contributed by atoms with Crippen molar-refractivity contribution in [1.29, 1.82) is 0 Å². The maximum absolute atomic E-state index is 11.0.